The Kier molecular flexibility index (Phi) is 4.87. The largest absolute Gasteiger partial charge is 0.496 e. The lowest BCUT2D eigenvalue weighted by molar-refractivity contribution is 0.340. The summed E-state index contributed by atoms with van der Waals surface area (Å²) in [5.74, 6) is 0.643. The van der Waals surface area contributed by atoms with E-state index in [0.29, 0.717) is 16.2 Å². The summed E-state index contributed by atoms with van der Waals surface area (Å²) in [4.78, 5) is 0.343. The van der Waals surface area contributed by atoms with Crippen LogP contribution in [0.15, 0.2) is 17.0 Å². The molecule has 1 atom stereocenters. The van der Waals surface area contributed by atoms with Gasteiger partial charge in [0.15, 0.2) is 9.84 Å². The number of hydrogen-bond acceptors (Lipinski definition) is 4. The molecule has 0 aliphatic heterocycles. The molecule has 0 spiro atoms. The van der Waals surface area contributed by atoms with Crippen LogP contribution >= 0.6 is 0 Å². The van der Waals surface area contributed by atoms with Crippen LogP contribution < -0.4 is 10.5 Å². The standard InChI is InChI=1S/C15H25NO3S/c1-10-8-13(11(2)7-12(10)19-6)20(17,18)9-14(16)15(3,4)5/h7-8,14H,9,16H2,1-6H3. The summed E-state index contributed by atoms with van der Waals surface area (Å²) in [6, 6.07) is 3.01. The molecule has 1 aromatic rings. The molecule has 0 radical (unpaired) electrons. The number of ether oxygens (including phenoxy) is 1. The van der Waals surface area contributed by atoms with Crippen LogP contribution in [0.2, 0.25) is 0 Å². The molecule has 0 saturated carbocycles. The zero-order chi connectivity index (χ0) is 15.7. The van der Waals surface area contributed by atoms with E-state index >= 15 is 0 Å². The van der Waals surface area contributed by atoms with Crippen LogP contribution in [0.5, 0.6) is 5.75 Å². The van der Waals surface area contributed by atoms with Crippen LogP contribution in [-0.2, 0) is 9.84 Å². The number of rotatable bonds is 4. The SMILES string of the molecule is COc1cc(C)c(S(=O)(=O)CC(N)C(C)(C)C)cc1C. The van der Waals surface area contributed by atoms with Crippen molar-refractivity contribution in [3.05, 3.63) is 23.3 Å². The maximum Gasteiger partial charge on any atom is 0.180 e. The Balaban J connectivity index is 3.20. The molecule has 2 N–H and O–H groups in total. The molecule has 1 rings (SSSR count). The van der Waals surface area contributed by atoms with Gasteiger partial charge in [-0.15, -0.1) is 0 Å². The second-order valence-electron chi connectivity index (χ2n) is 6.34. The van der Waals surface area contributed by atoms with Crippen LogP contribution in [-0.4, -0.2) is 27.3 Å². The van der Waals surface area contributed by atoms with Gasteiger partial charge < -0.3 is 10.5 Å². The van der Waals surface area contributed by atoms with Crippen LogP contribution in [0, 0.1) is 19.3 Å². The summed E-state index contributed by atoms with van der Waals surface area (Å²) in [6.07, 6.45) is 0. The van der Waals surface area contributed by atoms with Crippen molar-refractivity contribution in [3.63, 3.8) is 0 Å². The number of aryl methyl sites for hydroxylation is 2. The Bertz CT molecular complexity index is 586. The predicted octanol–water partition coefficient (Wildman–Crippen LogP) is 2.46. The highest BCUT2D eigenvalue weighted by Crippen LogP contribution is 2.28. The molecule has 0 saturated heterocycles. The summed E-state index contributed by atoms with van der Waals surface area (Å²) in [5, 5.41) is 0. The van der Waals surface area contributed by atoms with Crippen molar-refractivity contribution in [1.29, 1.82) is 0 Å². The van der Waals surface area contributed by atoms with Crippen molar-refractivity contribution in [2.24, 2.45) is 11.1 Å². The number of benzene rings is 1. The summed E-state index contributed by atoms with van der Waals surface area (Å²) in [6.45, 7) is 9.44. The van der Waals surface area contributed by atoms with Crippen molar-refractivity contribution in [2.75, 3.05) is 12.9 Å². The van der Waals surface area contributed by atoms with Gasteiger partial charge in [-0.05, 0) is 42.5 Å². The van der Waals surface area contributed by atoms with Gasteiger partial charge in [0.1, 0.15) is 5.75 Å². The minimum absolute atomic E-state index is 0.0525. The first-order valence-corrected chi connectivity index (χ1v) is 8.28. The van der Waals surface area contributed by atoms with Gasteiger partial charge in [0.25, 0.3) is 0 Å². The van der Waals surface area contributed by atoms with Crippen molar-refractivity contribution in [1.82, 2.24) is 0 Å². The average molecular weight is 299 g/mol. The Morgan fingerprint density at radius 1 is 1.20 bits per heavy atom. The Morgan fingerprint density at radius 3 is 2.20 bits per heavy atom. The average Bonchev–Trinajstić information content (AvgIpc) is 2.29. The maximum atomic E-state index is 12.5. The normalized spacial score (nSPS) is 14.2. The Hall–Kier alpha value is -1.07. The van der Waals surface area contributed by atoms with E-state index in [9.17, 15) is 8.42 Å². The quantitative estimate of drug-likeness (QED) is 0.927. The molecule has 4 nitrogen and oxygen atoms in total. The lowest BCUT2D eigenvalue weighted by Crippen LogP contribution is -2.41. The highest BCUT2D eigenvalue weighted by Gasteiger charge is 2.28. The van der Waals surface area contributed by atoms with Crippen molar-refractivity contribution in [2.45, 2.75) is 45.6 Å². The third-order valence-electron chi connectivity index (χ3n) is 3.54. The molecule has 0 heterocycles. The van der Waals surface area contributed by atoms with Gasteiger partial charge in [-0.2, -0.15) is 0 Å². The van der Waals surface area contributed by atoms with E-state index in [1.807, 2.05) is 27.7 Å². The maximum absolute atomic E-state index is 12.5. The molecule has 114 valence electrons. The van der Waals surface area contributed by atoms with Crippen molar-refractivity contribution < 1.29 is 13.2 Å². The van der Waals surface area contributed by atoms with Gasteiger partial charge in [-0.1, -0.05) is 20.8 Å². The van der Waals surface area contributed by atoms with Gasteiger partial charge in [0.2, 0.25) is 0 Å². The van der Waals surface area contributed by atoms with Crippen LogP contribution in [0.4, 0.5) is 0 Å². The summed E-state index contributed by atoms with van der Waals surface area (Å²) in [7, 11) is -1.83. The van der Waals surface area contributed by atoms with Gasteiger partial charge in [-0.25, -0.2) is 8.42 Å². The minimum Gasteiger partial charge on any atom is -0.496 e. The van der Waals surface area contributed by atoms with Gasteiger partial charge >= 0.3 is 0 Å². The van der Waals surface area contributed by atoms with Crippen molar-refractivity contribution >= 4 is 9.84 Å². The van der Waals surface area contributed by atoms with E-state index in [0.717, 1.165) is 5.56 Å². The third kappa shape index (κ3) is 3.73. The molecule has 0 aromatic heterocycles. The Labute approximate surface area is 122 Å². The predicted molar refractivity (Wildman–Crippen MR) is 82.0 cm³/mol. The topological polar surface area (TPSA) is 69.4 Å². The zero-order valence-corrected chi connectivity index (χ0v) is 14.0. The zero-order valence-electron chi connectivity index (χ0n) is 13.1. The van der Waals surface area contributed by atoms with Gasteiger partial charge in [-0.3, -0.25) is 0 Å². The van der Waals surface area contributed by atoms with E-state index in [4.69, 9.17) is 10.5 Å². The first kappa shape index (κ1) is 17.0. The second kappa shape index (κ2) is 5.74. The first-order chi connectivity index (χ1) is 8.99. The van der Waals surface area contributed by atoms with E-state index in [-0.39, 0.29) is 11.2 Å². The highest BCUT2D eigenvalue weighted by molar-refractivity contribution is 7.91. The van der Waals surface area contributed by atoms with E-state index in [1.54, 1.807) is 26.2 Å². The third-order valence-corrected chi connectivity index (χ3v) is 5.45. The molecule has 1 unspecified atom stereocenters. The number of methoxy groups -OCH3 is 1. The van der Waals surface area contributed by atoms with Crippen LogP contribution in [0.1, 0.15) is 31.9 Å². The molecular formula is C15H25NO3S. The molecule has 0 fully saturated rings. The van der Waals surface area contributed by atoms with E-state index in [1.165, 1.54) is 0 Å². The summed E-state index contributed by atoms with van der Waals surface area (Å²) >= 11 is 0. The smallest absolute Gasteiger partial charge is 0.180 e. The van der Waals surface area contributed by atoms with Gasteiger partial charge in [0.05, 0.1) is 17.8 Å². The summed E-state index contributed by atoms with van der Waals surface area (Å²) < 4.78 is 30.3. The van der Waals surface area contributed by atoms with Gasteiger partial charge in [0, 0.05) is 6.04 Å². The lowest BCUT2D eigenvalue weighted by Gasteiger charge is -2.27. The fourth-order valence-electron chi connectivity index (χ4n) is 1.89. The van der Waals surface area contributed by atoms with Crippen LogP contribution in [0.3, 0.4) is 0 Å². The highest BCUT2D eigenvalue weighted by atomic mass is 32.2. The molecule has 5 heteroatoms. The molecule has 0 bridgehead atoms. The minimum atomic E-state index is -3.40. The second-order valence-corrected chi connectivity index (χ2v) is 8.34. The fraction of sp³-hybridized carbons (Fsp3) is 0.600. The number of nitrogens with two attached hydrogens (primary N) is 1. The number of sulfone groups is 1. The molecule has 1 aromatic carbocycles. The monoisotopic (exact) mass is 299 g/mol. The fourth-order valence-corrected chi connectivity index (χ4v) is 3.95. The molecular weight excluding hydrogens is 274 g/mol. The molecule has 0 aliphatic carbocycles. The number of hydrogen-bond donors (Lipinski definition) is 1. The Morgan fingerprint density at radius 2 is 1.75 bits per heavy atom. The molecule has 20 heavy (non-hydrogen) atoms. The molecule has 0 amide bonds. The van der Waals surface area contributed by atoms with Crippen molar-refractivity contribution in [3.8, 4) is 5.75 Å². The lowest BCUT2D eigenvalue weighted by atomic mass is 9.89. The molecule has 0 aliphatic rings. The first-order valence-electron chi connectivity index (χ1n) is 6.62. The summed E-state index contributed by atoms with van der Waals surface area (Å²) in [5.41, 5.74) is 7.26. The van der Waals surface area contributed by atoms with Crippen LogP contribution in [0.25, 0.3) is 0 Å². The van der Waals surface area contributed by atoms with E-state index < -0.39 is 15.9 Å². The van der Waals surface area contributed by atoms with E-state index in [2.05, 4.69) is 0 Å².